The van der Waals surface area contributed by atoms with Crippen molar-refractivity contribution in [3.63, 3.8) is 0 Å². The zero-order chi connectivity index (χ0) is 20.7. The van der Waals surface area contributed by atoms with Gasteiger partial charge in [0.05, 0.1) is 5.69 Å². The van der Waals surface area contributed by atoms with Gasteiger partial charge in [0.1, 0.15) is 15.5 Å². The van der Waals surface area contributed by atoms with Gasteiger partial charge in [0.25, 0.3) is 5.91 Å². The Labute approximate surface area is 177 Å². The summed E-state index contributed by atoms with van der Waals surface area (Å²) in [6.45, 7) is 0. The van der Waals surface area contributed by atoms with Gasteiger partial charge in [-0.25, -0.2) is 9.37 Å². The topological polar surface area (TPSA) is 68.0 Å². The summed E-state index contributed by atoms with van der Waals surface area (Å²) in [6.07, 6.45) is 2.91. The lowest BCUT2D eigenvalue weighted by Gasteiger charge is -2.24. The molecule has 1 aliphatic rings. The lowest BCUT2D eigenvalue weighted by atomic mass is 9.82. The molecule has 2 aromatic heterocycles. The third-order valence-corrected chi connectivity index (χ3v) is 6.78. The zero-order valence-corrected chi connectivity index (χ0v) is 17.0. The number of benzene rings is 2. The van der Waals surface area contributed by atoms with Crippen LogP contribution in [0, 0.1) is 5.82 Å². The van der Waals surface area contributed by atoms with Crippen LogP contribution in [0.5, 0.6) is 0 Å². The van der Waals surface area contributed by atoms with Crippen LogP contribution in [-0.2, 0) is 12.8 Å². The van der Waals surface area contributed by atoms with E-state index in [1.165, 1.54) is 46.7 Å². The van der Waals surface area contributed by atoms with E-state index in [2.05, 4.69) is 35.6 Å². The van der Waals surface area contributed by atoms with E-state index in [0.29, 0.717) is 22.2 Å². The number of thiophene rings is 1. The first-order valence-corrected chi connectivity index (χ1v) is 10.7. The van der Waals surface area contributed by atoms with Crippen LogP contribution in [-0.4, -0.2) is 10.9 Å². The second kappa shape index (κ2) is 7.54. The number of hydrogen-bond donors (Lipinski definition) is 2. The van der Waals surface area contributed by atoms with Gasteiger partial charge in [0.2, 0.25) is 0 Å². The van der Waals surface area contributed by atoms with Crippen molar-refractivity contribution in [3.8, 4) is 0 Å². The van der Waals surface area contributed by atoms with E-state index in [9.17, 15) is 9.18 Å². The molecule has 4 aromatic rings. The maximum atomic E-state index is 13.1. The average molecular weight is 418 g/mol. The molecule has 150 valence electrons. The van der Waals surface area contributed by atoms with Crippen molar-refractivity contribution in [1.29, 1.82) is 0 Å². The van der Waals surface area contributed by atoms with E-state index < -0.39 is 0 Å². The summed E-state index contributed by atoms with van der Waals surface area (Å²) in [5.41, 5.74) is 11.0. The second-order valence-electron chi connectivity index (χ2n) is 7.60. The van der Waals surface area contributed by atoms with Gasteiger partial charge in [-0.3, -0.25) is 4.79 Å². The van der Waals surface area contributed by atoms with Crippen molar-refractivity contribution in [3.05, 3.63) is 88.2 Å². The van der Waals surface area contributed by atoms with E-state index in [4.69, 9.17) is 10.7 Å². The molecule has 0 saturated heterocycles. The lowest BCUT2D eigenvalue weighted by Crippen LogP contribution is -2.14. The van der Waals surface area contributed by atoms with Crippen LogP contribution in [0.3, 0.4) is 0 Å². The minimum Gasteiger partial charge on any atom is -0.397 e. The molecule has 0 fully saturated rings. The van der Waals surface area contributed by atoms with Crippen molar-refractivity contribution >= 4 is 38.8 Å². The third-order valence-electron chi connectivity index (χ3n) is 5.66. The number of nitrogens with zero attached hydrogens (tertiary/aromatic N) is 1. The molecule has 0 saturated carbocycles. The van der Waals surface area contributed by atoms with Gasteiger partial charge >= 0.3 is 0 Å². The van der Waals surface area contributed by atoms with Crippen LogP contribution in [0.4, 0.5) is 15.8 Å². The highest BCUT2D eigenvalue weighted by atomic mass is 32.1. The van der Waals surface area contributed by atoms with E-state index >= 15 is 0 Å². The number of pyridine rings is 1. The number of aryl methyl sites for hydroxylation is 1. The minimum atomic E-state index is -0.349. The number of amides is 1. The summed E-state index contributed by atoms with van der Waals surface area (Å²) in [5.74, 6) is -0.181. The van der Waals surface area contributed by atoms with Crippen LogP contribution in [0.1, 0.15) is 38.8 Å². The lowest BCUT2D eigenvalue weighted by molar-refractivity contribution is 0.103. The number of nitrogens with two attached hydrogens (primary N) is 1. The maximum Gasteiger partial charge on any atom is 0.267 e. The van der Waals surface area contributed by atoms with E-state index in [1.807, 2.05) is 6.07 Å². The Bertz CT molecular complexity index is 1240. The highest BCUT2D eigenvalue weighted by molar-refractivity contribution is 7.21. The van der Waals surface area contributed by atoms with Crippen LogP contribution < -0.4 is 11.1 Å². The van der Waals surface area contributed by atoms with Crippen LogP contribution in [0.15, 0.2) is 60.7 Å². The largest absolute Gasteiger partial charge is 0.397 e. The fraction of sp³-hybridized carbons (Fsp3) is 0.167. The van der Waals surface area contributed by atoms with Crippen molar-refractivity contribution in [2.45, 2.75) is 25.2 Å². The number of nitrogens with one attached hydrogen (secondary N) is 1. The number of anilines is 2. The summed E-state index contributed by atoms with van der Waals surface area (Å²) < 4.78 is 13.1. The van der Waals surface area contributed by atoms with Crippen LogP contribution in [0.25, 0.3) is 10.2 Å². The summed E-state index contributed by atoms with van der Waals surface area (Å²) >= 11 is 1.30. The molecule has 5 rings (SSSR count). The molecule has 30 heavy (non-hydrogen) atoms. The van der Waals surface area contributed by atoms with Gasteiger partial charge in [-0.05, 0) is 66.6 Å². The Hall–Kier alpha value is -3.25. The summed E-state index contributed by atoms with van der Waals surface area (Å²) in [5, 5.41) is 3.61. The molecule has 6 heteroatoms. The Morgan fingerprint density at radius 3 is 2.67 bits per heavy atom. The molecule has 0 spiro atoms. The standard InChI is InChI=1S/C24H20FN3OS/c25-17-7-9-18(10-8-17)27-23(29)22-21(26)19-13-16-12-15(14-4-2-1-3-5-14)6-11-20(16)28-24(19)30-22/h1-5,7-10,13,15H,6,11-12,26H2,(H,27,29). The van der Waals surface area contributed by atoms with Crippen LogP contribution >= 0.6 is 11.3 Å². The molecule has 1 aliphatic carbocycles. The number of fused-ring (bicyclic) bond motifs is 2. The normalized spacial score (nSPS) is 15.7. The number of aromatic nitrogens is 1. The molecule has 1 atom stereocenters. The number of nitrogen functional groups attached to an aromatic ring is 1. The molecule has 0 aliphatic heterocycles. The number of halogens is 1. The first-order chi connectivity index (χ1) is 14.6. The van der Waals surface area contributed by atoms with Crippen molar-refractivity contribution in [1.82, 2.24) is 4.98 Å². The predicted octanol–water partition coefficient (Wildman–Crippen LogP) is 5.54. The highest BCUT2D eigenvalue weighted by Gasteiger charge is 2.24. The van der Waals surface area contributed by atoms with Crippen molar-refractivity contribution in [2.24, 2.45) is 0 Å². The summed E-state index contributed by atoms with van der Waals surface area (Å²) in [6, 6.07) is 18.3. The Morgan fingerprint density at radius 2 is 1.90 bits per heavy atom. The smallest absolute Gasteiger partial charge is 0.267 e. The fourth-order valence-corrected chi connectivity index (χ4v) is 5.08. The van der Waals surface area contributed by atoms with Gasteiger partial charge in [-0.1, -0.05) is 30.3 Å². The molecule has 2 aromatic carbocycles. The molecule has 0 bridgehead atoms. The molecular formula is C24H20FN3OS. The maximum absolute atomic E-state index is 13.1. The zero-order valence-electron chi connectivity index (χ0n) is 16.2. The Morgan fingerprint density at radius 1 is 1.13 bits per heavy atom. The van der Waals surface area contributed by atoms with Gasteiger partial charge < -0.3 is 11.1 Å². The summed E-state index contributed by atoms with van der Waals surface area (Å²) in [4.78, 5) is 18.8. The summed E-state index contributed by atoms with van der Waals surface area (Å²) in [7, 11) is 0. The van der Waals surface area contributed by atoms with Gasteiger partial charge in [0, 0.05) is 16.8 Å². The fourth-order valence-electron chi connectivity index (χ4n) is 4.09. The first kappa shape index (κ1) is 18.8. The monoisotopic (exact) mass is 417 g/mol. The molecule has 1 amide bonds. The average Bonchev–Trinajstić information content (AvgIpc) is 3.09. The third kappa shape index (κ3) is 3.44. The van der Waals surface area contributed by atoms with Gasteiger partial charge in [0.15, 0.2) is 0 Å². The molecule has 4 nitrogen and oxygen atoms in total. The minimum absolute atomic E-state index is 0.303. The highest BCUT2D eigenvalue weighted by Crippen LogP contribution is 2.38. The number of rotatable bonds is 3. The van der Waals surface area contributed by atoms with E-state index in [1.54, 1.807) is 0 Å². The molecule has 1 unspecified atom stereocenters. The molecule has 2 heterocycles. The van der Waals surface area contributed by atoms with E-state index in [0.717, 1.165) is 35.2 Å². The van der Waals surface area contributed by atoms with E-state index in [-0.39, 0.29) is 11.7 Å². The number of carbonyl (C=O) groups is 1. The predicted molar refractivity (Wildman–Crippen MR) is 120 cm³/mol. The quantitative estimate of drug-likeness (QED) is 0.460. The van der Waals surface area contributed by atoms with Gasteiger partial charge in [-0.2, -0.15) is 0 Å². The van der Waals surface area contributed by atoms with Crippen LogP contribution in [0.2, 0.25) is 0 Å². The Kier molecular flexibility index (Phi) is 4.71. The molecule has 0 radical (unpaired) electrons. The Balaban J connectivity index is 1.45. The SMILES string of the molecule is Nc1c(C(=O)Nc2ccc(F)cc2)sc2nc3c(cc12)CC(c1ccccc1)CC3. The molecular weight excluding hydrogens is 397 g/mol. The second-order valence-corrected chi connectivity index (χ2v) is 8.60. The first-order valence-electron chi connectivity index (χ1n) is 9.91. The van der Waals surface area contributed by atoms with Crippen molar-refractivity contribution in [2.75, 3.05) is 11.1 Å². The number of hydrogen-bond acceptors (Lipinski definition) is 4. The van der Waals surface area contributed by atoms with Gasteiger partial charge in [-0.15, -0.1) is 11.3 Å². The number of carbonyl (C=O) groups excluding carboxylic acids is 1. The van der Waals surface area contributed by atoms with Crippen molar-refractivity contribution < 1.29 is 9.18 Å². The molecule has 3 N–H and O–H groups in total.